The number of benzene rings is 1. The van der Waals surface area contributed by atoms with E-state index in [1.807, 2.05) is 12.3 Å². The van der Waals surface area contributed by atoms with Crippen molar-refractivity contribution in [2.45, 2.75) is 32.6 Å². The Kier molecular flexibility index (Phi) is 6.97. The highest BCUT2D eigenvalue weighted by atomic mass is 32.2. The van der Waals surface area contributed by atoms with E-state index in [9.17, 15) is 16.8 Å². The molecule has 0 radical (unpaired) electrons. The first kappa shape index (κ1) is 27.6. The zero-order valence-electron chi connectivity index (χ0n) is 23.2. The lowest BCUT2D eigenvalue weighted by Gasteiger charge is -2.41. The number of sulfone groups is 1. The molecule has 0 spiro atoms. The number of hydrogen-bond acceptors (Lipinski definition) is 10. The van der Waals surface area contributed by atoms with Gasteiger partial charge in [-0.05, 0) is 53.8 Å². The minimum absolute atomic E-state index is 0.100. The highest BCUT2D eigenvalue weighted by Crippen LogP contribution is 2.37. The van der Waals surface area contributed by atoms with Gasteiger partial charge < -0.3 is 10.2 Å². The molecule has 0 atom stereocenters. The van der Waals surface area contributed by atoms with Gasteiger partial charge in [0.15, 0.2) is 5.82 Å². The quantitative estimate of drug-likeness (QED) is 0.288. The van der Waals surface area contributed by atoms with E-state index in [-0.39, 0.29) is 29.3 Å². The zero-order chi connectivity index (χ0) is 28.9. The normalized spacial score (nSPS) is 16.3. The number of hydrogen-bond donors (Lipinski definition) is 1. The molecule has 0 bridgehead atoms. The van der Waals surface area contributed by atoms with E-state index in [1.165, 1.54) is 24.2 Å². The zero-order valence-corrected chi connectivity index (χ0v) is 24.9. The molecule has 1 saturated heterocycles. The van der Waals surface area contributed by atoms with Gasteiger partial charge in [-0.15, -0.1) is 0 Å². The van der Waals surface area contributed by atoms with Crippen LogP contribution in [0.5, 0.6) is 0 Å². The molecular formula is C28H33N7O4S2. The second kappa shape index (κ2) is 10.4. The summed E-state index contributed by atoms with van der Waals surface area (Å²) in [5.74, 6) is 2.44. The van der Waals surface area contributed by atoms with Crippen LogP contribution < -0.4 is 10.2 Å². The smallest absolute Gasteiger partial charge is 0.254 e. The van der Waals surface area contributed by atoms with Crippen molar-refractivity contribution in [2.75, 3.05) is 41.1 Å². The topological polar surface area (TPSA) is 140 Å². The molecule has 3 aromatic heterocycles. The first-order valence-corrected chi connectivity index (χ1v) is 17.4. The fraction of sp³-hybridized carbons (Fsp3) is 0.429. The van der Waals surface area contributed by atoms with Crippen LogP contribution in [0.2, 0.25) is 0 Å². The molecule has 4 aromatic rings. The van der Waals surface area contributed by atoms with Crippen LogP contribution >= 0.6 is 0 Å². The van der Waals surface area contributed by atoms with Gasteiger partial charge in [0.25, 0.3) is 10.0 Å². The molecule has 0 amide bonds. The summed E-state index contributed by atoms with van der Waals surface area (Å²) in [5, 5.41) is 9.41. The van der Waals surface area contributed by atoms with Gasteiger partial charge in [0.05, 0.1) is 29.5 Å². The lowest BCUT2D eigenvalue weighted by molar-refractivity contribution is 0.445. The van der Waals surface area contributed by atoms with Crippen molar-refractivity contribution < 1.29 is 16.8 Å². The predicted molar refractivity (Wildman–Crippen MR) is 160 cm³/mol. The van der Waals surface area contributed by atoms with Crippen LogP contribution in [0.4, 0.5) is 17.3 Å². The lowest BCUT2D eigenvalue weighted by Crippen LogP contribution is -2.49. The van der Waals surface area contributed by atoms with Crippen LogP contribution in [0.3, 0.4) is 0 Å². The second-order valence-electron chi connectivity index (χ2n) is 11.5. The number of anilines is 3. The Balaban J connectivity index is 1.24. The highest BCUT2D eigenvalue weighted by molar-refractivity contribution is 7.90. The number of rotatable bonds is 10. The van der Waals surface area contributed by atoms with Crippen molar-refractivity contribution in [2.24, 2.45) is 11.8 Å². The Hall–Kier alpha value is -3.58. The van der Waals surface area contributed by atoms with E-state index < -0.39 is 19.9 Å². The van der Waals surface area contributed by atoms with E-state index in [4.69, 9.17) is 0 Å². The third-order valence-corrected chi connectivity index (χ3v) is 10.3. The number of pyridine rings is 1. The number of aromatic nitrogens is 5. The summed E-state index contributed by atoms with van der Waals surface area (Å²) in [7, 11) is -6.50. The Bertz CT molecular complexity index is 1830. The van der Waals surface area contributed by atoms with Crippen molar-refractivity contribution in [1.82, 2.24) is 24.1 Å². The van der Waals surface area contributed by atoms with Crippen molar-refractivity contribution in [3.63, 3.8) is 0 Å². The molecule has 1 N–H and O–H groups in total. The third kappa shape index (κ3) is 6.05. The lowest BCUT2D eigenvalue weighted by atomic mass is 9.93. The average molecular weight is 596 g/mol. The first-order valence-electron chi connectivity index (χ1n) is 13.7. The van der Waals surface area contributed by atoms with E-state index >= 15 is 0 Å². The third-order valence-electron chi connectivity index (χ3n) is 7.53. The van der Waals surface area contributed by atoms with Crippen LogP contribution in [0.25, 0.3) is 22.2 Å². The van der Waals surface area contributed by atoms with Gasteiger partial charge in [-0.1, -0.05) is 19.9 Å². The van der Waals surface area contributed by atoms with Gasteiger partial charge in [-0.3, -0.25) is 0 Å². The molecule has 2 fully saturated rings. The maximum Gasteiger partial charge on any atom is 0.254 e. The summed E-state index contributed by atoms with van der Waals surface area (Å²) in [6.07, 6.45) is 9.54. The number of nitrogens with zero attached hydrogens (tertiary/aromatic N) is 6. The maximum absolute atomic E-state index is 12.6. The van der Waals surface area contributed by atoms with Crippen molar-refractivity contribution in [3.05, 3.63) is 54.6 Å². The molecule has 11 nitrogen and oxygen atoms in total. The molecule has 4 heterocycles. The van der Waals surface area contributed by atoms with Gasteiger partial charge in [0.1, 0.15) is 21.5 Å². The molecule has 0 unspecified atom stereocenters. The fourth-order valence-electron chi connectivity index (χ4n) is 5.32. The Morgan fingerprint density at radius 2 is 1.73 bits per heavy atom. The molecule has 1 aliphatic carbocycles. The van der Waals surface area contributed by atoms with E-state index in [1.54, 1.807) is 12.3 Å². The van der Waals surface area contributed by atoms with Gasteiger partial charge in [-0.2, -0.15) is 9.19 Å². The average Bonchev–Trinajstić information content (AvgIpc) is 3.53. The summed E-state index contributed by atoms with van der Waals surface area (Å²) >= 11 is 0. The summed E-state index contributed by atoms with van der Waals surface area (Å²) in [6.45, 7) is 5.70. The van der Waals surface area contributed by atoms with Crippen LogP contribution in [0.1, 0.15) is 38.2 Å². The summed E-state index contributed by atoms with van der Waals surface area (Å²) in [5.41, 5.74) is 2.74. The van der Waals surface area contributed by atoms with Crippen molar-refractivity contribution in [3.8, 4) is 11.4 Å². The molecule has 1 saturated carbocycles. The summed E-state index contributed by atoms with van der Waals surface area (Å²) < 4.78 is 49.6. The van der Waals surface area contributed by atoms with Crippen molar-refractivity contribution >= 4 is 48.0 Å². The fourth-order valence-corrected chi connectivity index (χ4v) is 7.94. The number of fused-ring (bicyclic) bond motifs is 1. The van der Waals surface area contributed by atoms with E-state index in [0.29, 0.717) is 36.1 Å². The molecule has 2 aliphatic rings. The molecular weight excluding hydrogens is 562 g/mol. The first-order chi connectivity index (χ1) is 19.4. The largest absolute Gasteiger partial charge is 0.370 e. The van der Waals surface area contributed by atoms with Crippen molar-refractivity contribution in [1.29, 1.82) is 0 Å². The van der Waals surface area contributed by atoms with Crippen LogP contribution in [0, 0.1) is 11.8 Å². The molecule has 1 aliphatic heterocycles. The number of nitrogens with one attached hydrogen (secondary N) is 1. The Morgan fingerprint density at radius 1 is 0.951 bits per heavy atom. The molecule has 1 aromatic carbocycles. The molecule has 216 valence electrons. The van der Waals surface area contributed by atoms with E-state index in [2.05, 4.69) is 56.2 Å². The molecule has 41 heavy (non-hydrogen) atoms. The summed E-state index contributed by atoms with van der Waals surface area (Å²) in [4.78, 5) is 15.8. The van der Waals surface area contributed by atoms with Gasteiger partial charge in [0.2, 0.25) is 0 Å². The van der Waals surface area contributed by atoms with E-state index in [0.717, 1.165) is 33.4 Å². The Morgan fingerprint density at radius 3 is 2.44 bits per heavy atom. The van der Waals surface area contributed by atoms with Crippen LogP contribution in [0.15, 0.2) is 49.1 Å². The minimum atomic E-state index is -3.50. The second-order valence-corrected chi connectivity index (χ2v) is 15.6. The predicted octanol–water partition coefficient (Wildman–Crippen LogP) is 3.82. The van der Waals surface area contributed by atoms with Gasteiger partial charge in [0, 0.05) is 48.7 Å². The molecule has 6 rings (SSSR count). The Labute approximate surface area is 240 Å². The monoisotopic (exact) mass is 595 g/mol. The SMILES string of the molecule is CC(C)c1ccc(N2CC(CS(C)(=O)=O)C2)c2cnc(Nc3ccnc(-c4cnn(S(=O)(=O)CC5CC5)c4)n3)cc12. The van der Waals surface area contributed by atoms with Gasteiger partial charge in [-0.25, -0.2) is 31.8 Å². The van der Waals surface area contributed by atoms with Crippen LogP contribution in [-0.4, -0.2) is 71.8 Å². The maximum atomic E-state index is 12.6. The molecule has 13 heteroatoms. The van der Waals surface area contributed by atoms with Crippen LogP contribution in [-0.2, 0) is 19.9 Å². The standard InChI is InChI=1S/C28H33N7O4S2/c1-18(2)22-6-7-25(34-13-20(14-34)16-40(3,36)37)24-12-30-27(10-23(22)24)32-26-8-9-29-28(33-26)21-11-31-35(15-21)41(38,39)17-19-4-5-19/h6-12,15,18-20H,4-5,13-14,16-17H2,1-3H3,(H,29,30,32,33). The highest BCUT2D eigenvalue weighted by Gasteiger charge is 2.31. The minimum Gasteiger partial charge on any atom is -0.370 e. The summed E-state index contributed by atoms with van der Waals surface area (Å²) in [6, 6.07) is 7.97. The van der Waals surface area contributed by atoms with Gasteiger partial charge >= 0.3 is 0 Å².